The van der Waals surface area contributed by atoms with Crippen molar-refractivity contribution in [2.24, 2.45) is 17.8 Å². The number of hydrogen-bond donors (Lipinski definition) is 0. The van der Waals surface area contributed by atoms with Crippen LogP contribution in [0.15, 0.2) is 72.8 Å². The van der Waals surface area contributed by atoms with Gasteiger partial charge in [0.2, 0.25) is 0 Å². The van der Waals surface area contributed by atoms with Gasteiger partial charge in [-0.15, -0.1) is 0 Å². The molecule has 186 valence electrons. The first-order chi connectivity index (χ1) is 17.0. The van der Waals surface area contributed by atoms with Gasteiger partial charge in [-0.25, -0.2) is 0 Å². The van der Waals surface area contributed by atoms with Crippen molar-refractivity contribution in [2.75, 3.05) is 0 Å². The predicted molar refractivity (Wildman–Crippen MR) is 154 cm³/mol. The van der Waals surface area contributed by atoms with Gasteiger partial charge in [-0.2, -0.15) is 0 Å². The zero-order valence-electron chi connectivity index (χ0n) is 22.7. The Bertz CT molecular complexity index is 1100. The van der Waals surface area contributed by atoms with Gasteiger partial charge in [-0.1, -0.05) is 131 Å². The monoisotopic (exact) mass is 466 g/mol. The number of benzene rings is 3. The van der Waals surface area contributed by atoms with Crippen LogP contribution in [-0.2, 0) is 12.8 Å². The fourth-order valence-corrected chi connectivity index (χ4v) is 6.56. The minimum absolute atomic E-state index is 0.578. The average Bonchev–Trinajstić information content (AvgIpc) is 2.87. The Morgan fingerprint density at radius 2 is 1.57 bits per heavy atom. The third-order valence-corrected chi connectivity index (χ3v) is 8.72. The number of hydrogen-bond acceptors (Lipinski definition) is 0. The van der Waals surface area contributed by atoms with Crippen molar-refractivity contribution in [3.8, 4) is 0 Å². The zero-order valence-corrected chi connectivity index (χ0v) is 22.7. The second-order valence-electron chi connectivity index (χ2n) is 11.4. The Balaban J connectivity index is 1.46. The maximum Gasteiger partial charge on any atom is -0.00666 e. The lowest BCUT2D eigenvalue weighted by Crippen LogP contribution is -2.26. The van der Waals surface area contributed by atoms with Crippen molar-refractivity contribution in [3.63, 3.8) is 0 Å². The van der Waals surface area contributed by atoms with E-state index in [9.17, 15) is 0 Å². The van der Waals surface area contributed by atoms with Crippen molar-refractivity contribution in [1.82, 2.24) is 0 Å². The molecule has 0 heterocycles. The van der Waals surface area contributed by atoms with E-state index in [0.29, 0.717) is 17.8 Å². The Morgan fingerprint density at radius 3 is 2.26 bits per heavy atom. The van der Waals surface area contributed by atoms with Crippen LogP contribution in [0.4, 0.5) is 0 Å². The van der Waals surface area contributed by atoms with E-state index >= 15 is 0 Å². The normalized spacial score (nSPS) is 21.2. The van der Waals surface area contributed by atoms with E-state index in [1.807, 2.05) is 0 Å². The van der Waals surface area contributed by atoms with Crippen molar-refractivity contribution in [2.45, 2.75) is 91.4 Å². The molecule has 0 N–H and O–H groups in total. The lowest BCUT2D eigenvalue weighted by molar-refractivity contribution is 0.259. The summed E-state index contributed by atoms with van der Waals surface area (Å²) in [6.45, 7) is 13.9. The van der Waals surface area contributed by atoms with Crippen LogP contribution < -0.4 is 0 Å². The predicted octanol–water partition coefficient (Wildman–Crippen LogP) is 10.2. The van der Waals surface area contributed by atoms with Gasteiger partial charge in [-0.3, -0.25) is 0 Å². The highest BCUT2D eigenvalue weighted by Gasteiger charge is 2.33. The zero-order chi connectivity index (χ0) is 24.8. The summed E-state index contributed by atoms with van der Waals surface area (Å²) in [4.78, 5) is 0. The van der Waals surface area contributed by atoms with Crippen LogP contribution in [0.1, 0.15) is 93.9 Å². The van der Waals surface area contributed by atoms with Crippen LogP contribution in [0, 0.1) is 24.7 Å². The molecule has 4 unspecified atom stereocenters. The molecule has 1 fully saturated rings. The minimum Gasteiger partial charge on any atom is -0.0992 e. The highest BCUT2D eigenvalue weighted by Crippen LogP contribution is 2.45. The molecule has 0 aromatic heterocycles. The molecule has 0 saturated heterocycles. The lowest BCUT2D eigenvalue weighted by Gasteiger charge is -2.38. The molecule has 0 spiro atoms. The average molecular weight is 467 g/mol. The molecule has 0 nitrogen and oxygen atoms in total. The van der Waals surface area contributed by atoms with Crippen LogP contribution in [0.3, 0.4) is 0 Å². The Morgan fingerprint density at radius 1 is 0.886 bits per heavy atom. The van der Waals surface area contributed by atoms with Gasteiger partial charge >= 0.3 is 0 Å². The SMILES string of the molecule is C=C(Cc1ccc2cc(CCC(CC)CCC)ccc2c1)C1CCCC(C)C1c1ccc(C)cc1. The Labute approximate surface area is 214 Å². The smallest absolute Gasteiger partial charge is 0.00666 e. The summed E-state index contributed by atoms with van der Waals surface area (Å²) in [5.74, 6) is 2.76. The fraction of sp³-hybridized carbons (Fsp3) is 0.486. The van der Waals surface area contributed by atoms with Crippen LogP contribution in [-0.4, -0.2) is 0 Å². The van der Waals surface area contributed by atoms with E-state index < -0.39 is 0 Å². The molecule has 1 aliphatic carbocycles. The molecule has 3 aromatic rings. The summed E-state index contributed by atoms with van der Waals surface area (Å²) in [6, 6.07) is 23.5. The van der Waals surface area contributed by atoms with Crippen molar-refractivity contribution < 1.29 is 0 Å². The molecular weight excluding hydrogens is 420 g/mol. The van der Waals surface area contributed by atoms with Crippen molar-refractivity contribution in [3.05, 3.63) is 95.1 Å². The van der Waals surface area contributed by atoms with Gasteiger partial charge in [0.05, 0.1) is 0 Å². The van der Waals surface area contributed by atoms with Gasteiger partial charge in [0.25, 0.3) is 0 Å². The van der Waals surface area contributed by atoms with E-state index in [-0.39, 0.29) is 0 Å². The van der Waals surface area contributed by atoms with E-state index in [0.717, 1.165) is 12.3 Å². The number of aryl methyl sites for hydroxylation is 2. The molecule has 3 aromatic carbocycles. The highest BCUT2D eigenvalue weighted by molar-refractivity contribution is 5.84. The standard InChI is InChI=1S/C35H46/c1-6-9-28(7-2)14-15-29-16-20-33-24-30(17-21-32(33)23-29)22-27(5)34-11-8-10-26(4)35(34)31-18-12-25(3)13-19-31/h12-13,16-21,23-24,26,28,34-35H,5-11,14-15,22H2,1-4H3. The number of fused-ring (bicyclic) bond motifs is 1. The summed E-state index contributed by atoms with van der Waals surface area (Å²) in [5.41, 5.74) is 7.16. The number of rotatable bonds is 10. The largest absolute Gasteiger partial charge is 0.0992 e. The molecule has 0 radical (unpaired) electrons. The van der Waals surface area contributed by atoms with Crippen LogP contribution in [0.5, 0.6) is 0 Å². The van der Waals surface area contributed by atoms with Gasteiger partial charge in [0.15, 0.2) is 0 Å². The topological polar surface area (TPSA) is 0 Å². The maximum absolute atomic E-state index is 4.66. The first-order valence-electron chi connectivity index (χ1n) is 14.2. The quantitative estimate of drug-likeness (QED) is 0.261. The van der Waals surface area contributed by atoms with Gasteiger partial charge in [-0.05, 0) is 83.7 Å². The molecule has 1 aliphatic rings. The minimum atomic E-state index is 0.578. The molecular formula is C35H46. The van der Waals surface area contributed by atoms with Gasteiger partial charge in [0, 0.05) is 0 Å². The Hall–Kier alpha value is -2.34. The molecule has 0 amide bonds. The van der Waals surface area contributed by atoms with Crippen molar-refractivity contribution >= 4 is 10.8 Å². The molecule has 4 rings (SSSR count). The summed E-state index contributed by atoms with van der Waals surface area (Å²) in [7, 11) is 0. The molecule has 0 heteroatoms. The van der Waals surface area contributed by atoms with Crippen molar-refractivity contribution in [1.29, 1.82) is 0 Å². The van der Waals surface area contributed by atoms with Crippen LogP contribution in [0.25, 0.3) is 10.8 Å². The highest BCUT2D eigenvalue weighted by atomic mass is 14.4. The summed E-state index contributed by atoms with van der Waals surface area (Å²) < 4.78 is 0. The molecule has 0 bridgehead atoms. The van der Waals surface area contributed by atoms with Crippen LogP contribution >= 0.6 is 0 Å². The second-order valence-corrected chi connectivity index (χ2v) is 11.4. The van der Waals surface area contributed by atoms with E-state index in [4.69, 9.17) is 0 Å². The fourth-order valence-electron chi connectivity index (χ4n) is 6.56. The van der Waals surface area contributed by atoms with Gasteiger partial charge in [0.1, 0.15) is 0 Å². The second kappa shape index (κ2) is 12.1. The van der Waals surface area contributed by atoms with Gasteiger partial charge < -0.3 is 0 Å². The third kappa shape index (κ3) is 6.46. The molecule has 4 atom stereocenters. The summed E-state index contributed by atoms with van der Waals surface area (Å²) in [6.07, 6.45) is 11.4. The summed E-state index contributed by atoms with van der Waals surface area (Å²) in [5, 5.41) is 2.75. The van der Waals surface area contributed by atoms with E-state index in [2.05, 4.69) is 94.9 Å². The Kier molecular flexibility index (Phi) is 8.88. The summed E-state index contributed by atoms with van der Waals surface area (Å²) >= 11 is 0. The molecule has 35 heavy (non-hydrogen) atoms. The first kappa shape index (κ1) is 25.7. The number of allylic oxidation sites excluding steroid dienone is 1. The lowest BCUT2D eigenvalue weighted by atomic mass is 9.66. The van der Waals surface area contributed by atoms with E-state index in [1.165, 1.54) is 90.0 Å². The first-order valence-corrected chi connectivity index (χ1v) is 14.2. The third-order valence-electron chi connectivity index (χ3n) is 8.72. The molecule has 1 saturated carbocycles. The van der Waals surface area contributed by atoms with E-state index in [1.54, 1.807) is 0 Å². The van der Waals surface area contributed by atoms with Crippen LogP contribution in [0.2, 0.25) is 0 Å². The maximum atomic E-state index is 4.66. The molecule has 0 aliphatic heterocycles.